The van der Waals surface area contributed by atoms with Crippen molar-refractivity contribution in [3.8, 4) is 5.75 Å². The van der Waals surface area contributed by atoms with Crippen molar-refractivity contribution in [2.75, 3.05) is 11.9 Å². The molecule has 1 N–H and O–H groups in total. The van der Waals surface area contributed by atoms with E-state index in [2.05, 4.69) is 5.32 Å². The van der Waals surface area contributed by atoms with Crippen molar-refractivity contribution >= 4 is 11.6 Å². The van der Waals surface area contributed by atoms with Gasteiger partial charge in [0, 0.05) is 5.69 Å². The summed E-state index contributed by atoms with van der Waals surface area (Å²) >= 11 is 0. The maximum atomic E-state index is 11.6. The molecular formula is C16H23NO3. The summed E-state index contributed by atoms with van der Waals surface area (Å²) in [6, 6.07) is 7.52. The average molecular weight is 277 g/mol. The van der Waals surface area contributed by atoms with E-state index >= 15 is 0 Å². The fraction of sp³-hybridized carbons (Fsp3) is 0.562. The Labute approximate surface area is 120 Å². The molecule has 0 aromatic heterocycles. The lowest BCUT2D eigenvalue weighted by molar-refractivity contribution is -0.121. The number of rotatable bonds is 6. The van der Waals surface area contributed by atoms with Gasteiger partial charge in [0.25, 0.3) is 0 Å². The minimum Gasteiger partial charge on any atom is -0.490 e. The first-order valence-corrected chi connectivity index (χ1v) is 7.31. The highest BCUT2D eigenvalue weighted by Crippen LogP contribution is 2.24. The van der Waals surface area contributed by atoms with E-state index in [1.165, 1.54) is 12.8 Å². The van der Waals surface area contributed by atoms with Crippen LogP contribution in [-0.4, -0.2) is 24.7 Å². The van der Waals surface area contributed by atoms with E-state index < -0.39 is 0 Å². The van der Waals surface area contributed by atoms with Crippen LogP contribution in [0, 0.1) is 0 Å². The number of anilines is 1. The van der Waals surface area contributed by atoms with Crippen LogP contribution < -0.4 is 10.1 Å². The number of hydrogen-bond acceptors (Lipinski definition) is 3. The lowest BCUT2D eigenvalue weighted by Gasteiger charge is -2.13. The second-order valence-electron chi connectivity index (χ2n) is 5.46. The molecule has 1 fully saturated rings. The number of ether oxygens (including phenoxy) is 2. The van der Waals surface area contributed by atoms with Crippen LogP contribution in [0.15, 0.2) is 24.3 Å². The van der Waals surface area contributed by atoms with E-state index in [4.69, 9.17) is 9.47 Å². The number of carbonyl (C=O) groups is 1. The van der Waals surface area contributed by atoms with E-state index in [1.54, 1.807) is 0 Å². The summed E-state index contributed by atoms with van der Waals surface area (Å²) in [5.74, 6) is 0.733. The molecule has 2 rings (SSSR count). The number of amides is 1. The van der Waals surface area contributed by atoms with Gasteiger partial charge in [0.1, 0.15) is 12.4 Å². The van der Waals surface area contributed by atoms with Gasteiger partial charge in [-0.25, -0.2) is 0 Å². The highest BCUT2D eigenvalue weighted by atomic mass is 16.5. The lowest BCUT2D eigenvalue weighted by atomic mass is 10.2. The zero-order valence-electron chi connectivity index (χ0n) is 12.2. The van der Waals surface area contributed by atoms with E-state index in [0.29, 0.717) is 6.10 Å². The van der Waals surface area contributed by atoms with Crippen LogP contribution in [-0.2, 0) is 9.53 Å². The summed E-state index contributed by atoms with van der Waals surface area (Å²) in [5.41, 5.74) is 0.765. The first-order chi connectivity index (χ1) is 9.63. The van der Waals surface area contributed by atoms with Gasteiger partial charge < -0.3 is 14.8 Å². The lowest BCUT2D eigenvalue weighted by Crippen LogP contribution is -2.20. The van der Waals surface area contributed by atoms with Crippen LogP contribution in [0.4, 0.5) is 5.69 Å². The molecule has 0 atom stereocenters. The fourth-order valence-corrected chi connectivity index (χ4v) is 2.25. The number of hydrogen-bond donors (Lipinski definition) is 1. The topological polar surface area (TPSA) is 47.6 Å². The third-order valence-corrected chi connectivity index (χ3v) is 3.29. The van der Waals surface area contributed by atoms with Crippen LogP contribution in [0.1, 0.15) is 39.5 Å². The summed E-state index contributed by atoms with van der Waals surface area (Å²) in [4.78, 5) is 11.6. The smallest absolute Gasteiger partial charge is 0.250 e. The van der Waals surface area contributed by atoms with Gasteiger partial charge in [0.05, 0.1) is 12.2 Å². The standard InChI is InChI=1S/C16H23NO3/c1-12(2)19-11-16(18)17-13-7-9-15(10-8-13)20-14-5-3-4-6-14/h7-10,12,14H,3-6,11H2,1-2H3,(H,17,18). The van der Waals surface area contributed by atoms with Crippen LogP contribution in [0.25, 0.3) is 0 Å². The molecule has 0 heterocycles. The van der Waals surface area contributed by atoms with Crippen molar-refractivity contribution in [1.82, 2.24) is 0 Å². The van der Waals surface area contributed by atoms with Crippen LogP contribution in [0.5, 0.6) is 5.75 Å². The zero-order chi connectivity index (χ0) is 14.4. The van der Waals surface area contributed by atoms with E-state index in [9.17, 15) is 4.79 Å². The Balaban J connectivity index is 1.80. The Morgan fingerprint density at radius 2 is 1.90 bits per heavy atom. The maximum Gasteiger partial charge on any atom is 0.250 e. The monoisotopic (exact) mass is 277 g/mol. The SMILES string of the molecule is CC(C)OCC(=O)Nc1ccc(OC2CCCC2)cc1. The molecular weight excluding hydrogens is 254 g/mol. The molecule has 0 saturated heterocycles. The van der Waals surface area contributed by atoms with E-state index in [0.717, 1.165) is 24.3 Å². The van der Waals surface area contributed by atoms with Gasteiger partial charge in [-0.15, -0.1) is 0 Å². The van der Waals surface area contributed by atoms with Crippen LogP contribution in [0.2, 0.25) is 0 Å². The summed E-state index contributed by atoms with van der Waals surface area (Å²) < 4.78 is 11.1. The molecule has 4 nitrogen and oxygen atoms in total. The van der Waals surface area contributed by atoms with Crippen molar-refractivity contribution in [1.29, 1.82) is 0 Å². The summed E-state index contributed by atoms with van der Waals surface area (Å²) in [6.45, 7) is 3.89. The maximum absolute atomic E-state index is 11.6. The first kappa shape index (κ1) is 14.9. The minimum absolute atomic E-state index is 0.0583. The average Bonchev–Trinajstić information content (AvgIpc) is 2.92. The minimum atomic E-state index is -0.136. The Bertz CT molecular complexity index is 422. The Morgan fingerprint density at radius 1 is 1.25 bits per heavy atom. The summed E-state index contributed by atoms with van der Waals surface area (Å²) in [5, 5.41) is 2.80. The van der Waals surface area contributed by atoms with E-state index in [-0.39, 0.29) is 18.6 Å². The molecule has 0 bridgehead atoms. The summed E-state index contributed by atoms with van der Waals surface area (Å²) in [7, 11) is 0. The largest absolute Gasteiger partial charge is 0.490 e. The molecule has 1 aromatic carbocycles. The number of nitrogens with one attached hydrogen (secondary N) is 1. The van der Waals surface area contributed by atoms with Crippen molar-refractivity contribution in [2.45, 2.75) is 51.7 Å². The Hall–Kier alpha value is -1.55. The Morgan fingerprint density at radius 3 is 2.50 bits per heavy atom. The van der Waals surface area contributed by atoms with Crippen molar-refractivity contribution in [3.05, 3.63) is 24.3 Å². The van der Waals surface area contributed by atoms with Gasteiger partial charge in [-0.3, -0.25) is 4.79 Å². The molecule has 1 aromatic rings. The van der Waals surface area contributed by atoms with Gasteiger partial charge >= 0.3 is 0 Å². The molecule has 0 spiro atoms. The number of benzene rings is 1. The molecule has 0 aliphatic heterocycles. The first-order valence-electron chi connectivity index (χ1n) is 7.31. The second-order valence-corrected chi connectivity index (χ2v) is 5.46. The predicted octanol–water partition coefficient (Wildman–Crippen LogP) is 3.37. The van der Waals surface area contributed by atoms with Gasteiger partial charge in [-0.05, 0) is 63.8 Å². The highest BCUT2D eigenvalue weighted by Gasteiger charge is 2.16. The van der Waals surface area contributed by atoms with Gasteiger partial charge in [0.15, 0.2) is 0 Å². The molecule has 0 unspecified atom stereocenters. The quantitative estimate of drug-likeness (QED) is 0.867. The molecule has 20 heavy (non-hydrogen) atoms. The Kier molecular flexibility index (Phi) is 5.41. The molecule has 0 radical (unpaired) electrons. The van der Waals surface area contributed by atoms with E-state index in [1.807, 2.05) is 38.1 Å². The normalized spacial score (nSPS) is 15.6. The highest BCUT2D eigenvalue weighted by molar-refractivity contribution is 5.91. The zero-order valence-corrected chi connectivity index (χ0v) is 12.2. The molecule has 1 saturated carbocycles. The van der Waals surface area contributed by atoms with Gasteiger partial charge in [-0.1, -0.05) is 0 Å². The van der Waals surface area contributed by atoms with Gasteiger partial charge in [0.2, 0.25) is 5.91 Å². The number of carbonyl (C=O) groups excluding carboxylic acids is 1. The third kappa shape index (κ3) is 4.85. The fourth-order valence-electron chi connectivity index (χ4n) is 2.25. The predicted molar refractivity (Wildman–Crippen MR) is 79.0 cm³/mol. The summed E-state index contributed by atoms with van der Waals surface area (Å²) in [6.07, 6.45) is 5.22. The van der Waals surface area contributed by atoms with Crippen LogP contribution >= 0.6 is 0 Å². The molecule has 1 aliphatic carbocycles. The third-order valence-electron chi connectivity index (χ3n) is 3.29. The molecule has 110 valence electrons. The van der Waals surface area contributed by atoms with Crippen molar-refractivity contribution in [2.24, 2.45) is 0 Å². The van der Waals surface area contributed by atoms with Crippen molar-refractivity contribution in [3.63, 3.8) is 0 Å². The molecule has 4 heteroatoms. The van der Waals surface area contributed by atoms with Crippen molar-refractivity contribution < 1.29 is 14.3 Å². The second kappa shape index (κ2) is 7.29. The molecule has 1 aliphatic rings. The molecule has 1 amide bonds. The van der Waals surface area contributed by atoms with Gasteiger partial charge in [-0.2, -0.15) is 0 Å². The van der Waals surface area contributed by atoms with Crippen LogP contribution in [0.3, 0.4) is 0 Å².